The van der Waals surface area contributed by atoms with E-state index in [1.54, 1.807) is 54.3 Å². The SMILES string of the molecule is Cc1ccc(C(=O)N2CCC(NS(=O)(=O)c3ccccc3)CC2)cc1F. The Hall–Kier alpha value is -2.25. The van der Waals surface area contributed by atoms with Crippen LogP contribution in [0.5, 0.6) is 0 Å². The maximum atomic E-state index is 13.7. The molecule has 7 heteroatoms. The summed E-state index contributed by atoms with van der Waals surface area (Å²) >= 11 is 0. The predicted molar refractivity (Wildman–Crippen MR) is 96.8 cm³/mol. The molecule has 0 aliphatic carbocycles. The first-order valence-electron chi connectivity index (χ1n) is 8.49. The van der Waals surface area contributed by atoms with Crippen LogP contribution >= 0.6 is 0 Å². The highest BCUT2D eigenvalue weighted by Crippen LogP contribution is 2.18. The van der Waals surface area contributed by atoms with Gasteiger partial charge in [0.2, 0.25) is 10.0 Å². The quantitative estimate of drug-likeness (QED) is 0.892. The van der Waals surface area contributed by atoms with E-state index in [9.17, 15) is 17.6 Å². The van der Waals surface area contributed by atoms with Crippen LogP contribution in [0.1, 0.15) is 28.8 Å². The molecule has 0 atom stereocenters. The molecule has 1 aliphatic rings. The number of halogens is 1. The Morgan fingerprint density at radius 2 is 1.77 bits per heavy atom. The van der Waals surface area contributed by atoms with Crippen molar-refractivity contribution in [1.29, 1.82) is 0 Å². The summed E-state index contributed by atoms with van der Waals surface area (Å²) < 4.78 is 41.1. The fourth-order valence-electron chi connectivity index (χ4n) is 3.00. The van der Waals surface area contributed by atoms with Crippen LogP contribution in [0, 0.1) is 12.7 Å². The molecule has 138 valence electrons. The molecule has 1 amide bonds. The number of piperidine rings is 1. The van der Waals surface area contributed by atoms with Crippen LogP contribution in [0.3, 0.4) is 0 Å². The summed E-state index contributed by atoms with van der Waals surface area (Å²) in [5.74, 6) is -0.630. The number of sulfonamides is 1. The number of amides is 1. The van der Waals surface area contributed by atoms with E-state index in [2.05, 4.69) is 4.72 Å². The fourth-order valence-corrected chi connectivity index (χ4v) is 4.32. The molecule has 0 radical (unpaired) electrons. The monoisotopic (exact) mass is 376 g/mol. The number of nitrogens with zero attached hydrogens (tertiary/aromatic N) is 1. The minimum Gasteiger partial charge on any atom is -0.339 e. The Bertz CT molecular complexity index is 892. The van der Waals surface area contributed by atoms with E-state index in [0.717, 1.165) is 0 Å². The highest BCUT2D eigenvalue weighted by Gasteiger charge is 2.27. The number of carbonyl (C=O) groups is 1. The van der Waals surface area contributed by atoms with Gasteiger partial charge < -0.3 is 4.90 Å². The van der Waals surface area contributed by atoms with Gasteiger partial charge in [-0.1, -0.05) is 24.3 Å². The summed E-state index contributed by atoms with van der Waals surface area (Å²) in [4.78, 5) is 14.4. The largest absolute Gasteiger partial charge is 0.339 e. The maximum Gasteiger partial charge on any atom is 0.253 e. The molecule has 1 heterocycles. The zero-order chi connectivity index (χ0) is 18.7. The van der Waals surface area contributed by atoms with Gasteiger partial charge >= 0.3 is 0 Å². The van der Waals surface area contributed by atoms with Crippen molar-refractivity contribution in [2.24, 2.45) is 0 Å². The molecule has 26 heavy (non-hydrogen) atoms. The van der Waals surface area contributed by atoms with E-state index < -0.39 is 15.8 Å². The second-order valence-electron chi connectivity index (χ2n) is 6.46. The lowest BCUT2D eigenvalue weighted by Gasteiger charge is -2.32. The zero-order valence-corrected chi connectivity index (χ0v) is 15.3. The Kier molecular flexibility index (Phi) is 5.38. The van der Waals surface area contributed by atoms with Gasteiger partial charge in [0, 0.05) is 24.7 Å². The number of rotatable bonds is 4. The van der Waals surface area contributed by atoms with Gasteiger partial charge in [-0.15, -0.1) is 0 Å². The molecule has 0 saturated carbocycles. The minimum absolute atomic E-state index is 0.223. The average molecular weight is 376 g/mol. The van der Waals surface area contributed by atoms with Gasteiger partial charge in [0.1, 0.15) is 5.82 Å². The van der Waals surface area contributed by atoms with Crippen LogP contribution in [-0.4, -0.2) is 38.4 Å². The summed E-state index contributed by atoms with van der Waals surface area (Å²) in [5, 5.41) is 0. The number of hydrogen-bond donors (Lipinski definition) is 1. The molecule has 2 aromatic carbocycles. The molecule has 2 aromatic rings. The first kappa shape index (κ1) is 18.5. The summed E-state index contributed by atoms with van der Waals surface area (Å²) in [7, 11) is -3.56. The second kappa shape index (κ2) is 7.55. The van der Waals surface area contributed by atoms with Gasteiger partial charge in [-0.2, -0.15) is 0 Å². The highest BCUT2D eigenvalue weighted by molar-refractivity contribution is 7.89. The fraction of sp³-hybridized carbons (Fsp3) is 0.316. The van der Waals surface area contributed by atoms with Crippen molar-refractivity contribution in [2.45, 2.75) is 30.7 Å². The Balaban J connectivity index is 1.60. The van der Waals surface area contributed by atoms with E-state index in [0.29, 0.717) is 37.1 Å². The number of benzene rings is 2. The molecule has 3 rings (SSSR count). The predicted octanol–water partition coefficient (Wildman–Crippen LogP) is 2.72. The molecular weight excluding hydrogens is 355 g/mol. The molecule has 5 nitrogen and oxygen atoms in total. The van der Waals surface area contributed by atoms with Crippen molar-refractivity contribution in [2.75, 3.05) is 13.1 Å². The van der Waals surface area contributed by atoms with Gasteiger partial charge in [-0.25, -0.2) is 17.5 Å². The maximum absolute atomic E-state index is 13.7. The lowest BCUT2D eigenvalue weighted by molar-refractivity contribution is 0.0711. The number of hydrogen-bond acceptors (Lipinski definition) is 3. The summed E-state index contributed by atoms with van der Waals surface area (Å²) in [6, 6.07) is 12.4. The topological polar surface area (TPSA) is 66.5 Å². The van der Waals surface area contributed by atoms with E-state index >= 15 is 0 Å². The van der Waals surface area contributed by atoms with Gasteiger partial charge in [0.25, 0.3) is 5.91 Å². The molecule has 0 bridgehead atoms. The molecule has 1 N–H and O–H groups in total. The first-order valence-corrected chi connectivity index (χ1v) is 9.98. The van der Waals surface area contributed by atoms with Gasteiger partial charge in [0.05, 0.1) is 4.90 Å². The van der Waals surface area contributed by atoms with Gasteiger partial charge in [0.15, 0.2) is 0 Å². The summed E-state index contributed by atoms with van der Waals surface area (Å²) in [6.45, 7) is 2.50. The minimum atomic E-state index is -3.56. The second-order valence-corrected chi connectivity index (χ2v) is 8.18. The van der Waals surface area contributed by atoms with E-state index in [-0.39, 0.29) is 16.8 Å². The van der Waals surface area contributed by atoms with Crippen LogP contribution < -0.4 is 4.72 Å². The summed E-state index contributed by atoms with van der Waals surface area (Å²) in [5.41, 5.74) is 0.812. The number of nitrogens with one attached hydrogen (secondary N) is 1. The van der Waals surface area contributed by atoms with Crippen LogP contribution in [0.4, 0.5) is 4.39 Å². The van der Waals surface area contributed by atoms with E-state index in [4.69, 9.17) is 0 Å². The molecule has 0 aromatic heterocycles. The third-order valence-electron chi connectivity index (χ3n) is 4.58. The molecule has 0 unspecified atom stereocenters. The van der Waals surface area contributed by atoms with Crippen molar-refractivity contribution in [1.82, 2.24) is 9.62 Å². The van der Waals surface area contributed by atoms with Crippen molar-refractivity contribution in [3.63, 3.8) is 0 Å². The Labute approximate surface area is 152 Å². The van der Waals surface area contributed by atoms with Crippen molar-refractivity contribution >= 4 is 15.9 Å². The summed E-state index contributed by atoms with van der Waals surface area (Å²) in [6.07, 6.45) is 1.04. The third-order valence-corrected chi connectivity index (χ3v) is 6.11. The van der Waals surface area contributed by atoms with Crippen molar-refractivity contribution < 1.29 is 17.6 Å². The average Bonchev–Trinajstić information content (AvgIpc) is 2.64. The van der Waals surface area contributed by atoms with E-state index in [1.807, 2.05) is 0 Å². The van der Waals surface area contributed by atoms with Crippen LogP contribution in [0.15, 0.2) is 53.4 Å². The number of likely N-dealkylation sites (tertiary alicyclic amines) is 1. The van der Waals surface area contributed by atoms with Crippen LogP contribution in [-0.2, 0) is 10.0 Å². The Morgan fingerprint density at radius 3 is 2.38 bits per heavy atom. The van der Waals surface area contributed by atoms with E-state index in [1.165, 1.54) is 6.07 Å². The van der Waals surface area contributed by atoms with Crippen molar-refractivity contribution in [3.8, 4) is 0 Å². The molecule has 0 spiro atoms. The standard InChI is InChI=1S/C19H21FN2O3S/c1-14-7-8-15(13-18(14)20)19(23)22-11-9-16(10-12-22)21-26(24,25)17-5-3-2-4-6-17/h2-8,13,16,21H,9-12H2,1H3. The molecule has 1 fully saturated rings. The lowest BCUT2D eigenvalue weighted by Crippen LogP contribution is -2.46. The van der Waals surface area contributed by atoms with Crippen LogP contribution in [0.2, 0.25) is 0 Å². The number of aryl methyl sites for hydroxylation is 1. The Morgan fingerprint density at radius 1 is 1.12 bits per heavy atom. The normalized spacial score (nSPS) is 15.8. The van der Waals surface area contributed by atoms with Crippen molar-refractivity contribution in [3.05, 3.63) is 65.5 Å². The molecule has 1 aliphatic heterocycles. The van der Waals surface area contributed by atoms with Gasteiger partial charge in [-0.05, 0) is 49.6 Å². The van der Waals surface area contributed by atoms with Gasteiger partial charge in [-0.3, -0.25) is 4.79 Å². The zero-order valence-electron chi connectivity index (χ0n) is 14.5. The smallest absolute Gasteiger partial charge is 0.253 e. The van der Waals surface area contributed by atoms with Crippen LogP contribution in [0.25, 0.3) is 0 Å². The highest BCUT2D eigenvalue weighted by atomic mass is 32.2. The number of carbonyl (C=O) groups excluding carboxylic acids is 1. The third kappa shape index (κ3) is 4.11. The lowest BCUT2D eigenvalue weighted by atomic mass is 10.0. The molecular formula is C19H21FN2O3S. The first-order chi connectivity index (χ1) is 12.4. The molecule has 1 saturated heterocycles.